The average molecular weight is 99.1 g/mol. The van der Waals surface area contributed by atoms with Crippen molar-refractivity contribution in [2.45, 2.75) is 6.42 Å². The lowest BCUT2D eigenvalue weighted by atomic mass is 10.4. The van der Waals surface area contributed by atoms with Gasteiger partial charge in [0, 0.05) is 15.2 Å². The standard InChI is InChI=1S/C5H7NO/c7-5-4-1-3(4)2-6-5/h3-4H,1-2H2,(H,6,7)/i2D2. The highest BCUT2D eigenvalue weighted by Crippen LogP contribution is 2.41. The molecule has 1 saturated heterocycles. The van der Waals surface area contributed by atoms with Gasteiger partial charge < -0.3 is 5.32 Å². The minimum Gasteiger partial charge on any atom is -0.356 e. The Morgan fingerprint density at radius 1 is 2.00 bits per heavy atom. The molecule has 2 nitrogen and oxygen atoms in total. The van der Waals surface area contributed by atoms with Crippen LogP contribution in [-0.2, 0) is 4.79 Å². The summed E-state index contributed by atoms with van der Waals surface area (Å²) in [6.07, 6.45) is 0.749. The van der Waals surface area contributed by atoms with Crippen molar-refractivity contribution in [2.75, 3.05) is 6.50 Å². The lowest BCUT2D eigenvalue weighted by Crippen LogP contribution is -2.18. The van der Waals surface area contributed by atoms with Gasteiger partial charge in [0.2, 0.25) is 5.91 Å². The second kappa shape index (κ2) is 0.831. The molecule has 2 unspecified atom stereocenters. The molecule has 1 aliphatic heterocycles. The molecule has 2 rings (SSSR count). The molecule has 1 amide bonds. The molecule has 0 aromatic rings. The van der Waals surface area contributed by atoms with Crippen LogP contribution >= 0.6 is 0 Å². The highest BCUT2D eigenvalue weighted by molar-refractivity contribution is 5.84. The molecule has 1 aliphatic carbocycles. The van der Waals surface area contributed by atoms with Crippen LogP contribution in [0, 0.1) is 11.8 Å². The van der Waals surface area contributed by atoms with Crippen molar-refractivity contribution in [1.29, 1.82) is 0 Å². The maximum Gasteiger partial charge on any atom is 0.223 e. The van der Waals surface area contributed by atoms with Crippen LogP contribution < -0.4 is 5.32 Å². The predicted octanol–water partition coefficient (Wildman–Crippen LogP) is -0.248. The summed E-state index contributed by atoms with van der Waals surface area (Å²) in [5.74, 6) is -0.130. The van der Waals surface area contributed by atoms with Crippen LogP contribution in [0.4, 0.5) is 0 Å². The Morgan fingerprint density at radius 2 is 2.86 bits per heavy atom. The molecule has 0 aromatic heterocycles. The van der Waals surface area contributed by atoms with E-state index in [9.17, 15) is 4.79 Å². The highest BCUT2D eigenvalue weighted by atomic mass is 16.2. The molecule has 0 bridgehead atoms. The Bertz CT molecular complexity index is 180. The molecule has 7 heavy (non-hydrogen) atoms. The normalized spacial score (nSPS) is 56.9. The van der Waals surface area contributed by atoms with E-state index in [1.54, 1.807) is 0 Å². The van der Waals surface area contributed by atoms with Gasteiger partial charge in [0.05, 0.1) is 0 Å². The van der Waals surface area contributed by atoms with E-state index < -0.39 is 6.50 Å². The second-order valence-electron chi connectivity index (χ2n) is 2.08. The van der Waals surface area contributed by atoms with E-state index in [1.807, 2.05) is 0 Å². The second-order valence-corrected chi connectivity index (χ2v) is 2.08. The number of carbonyl (C=O) groups excluding carboxylic acids is 1. The number of carbonyl (C=O) groups is 1. The number of hydrogen-bond donors (Lipinski definition) is 1. The fourth-order valence-corrected chi connectivity index (χ4v) is 0.901. The van der Waals surface area contributed by atoms with E-state index in [0.717, 1.165) is 6.42 Å². The smallest absolute Gasteiger partial charge is 0.223 e. The number of amides is 1. The molecule has 1 N–H and O–H groups in total. The summed E-state index contributed by atoms with van der Waals surface area (Å²) in [5, 5.41) is 2.29. The van der Waals surface area contributed by atoms with Gasteiger partial charge in [-0.15, -0.1) is 0 Å². The third kappa shape index (κ3) is 0.315. The molecule has 2 heteroatoms. The van der Waals surface area contributed by atoms with E-state index in [2.05, 4.69) is 5.32 Å². The maximum absolute atomic E-state index is 10.7. The topological polar surface area (TPSA) is 29.1 Å². The predicted molar refractivity (Wildman–Crippen MR) is 24.6 cm³/mol. The van der Waals surface area contributed by atoms with Gasteiger partial charge in [0.15, 0.2) is 0 Å². The summed E-state index contributed by atoms with van der Waals surface area (Å²) in [6.45, 7) is -1.40. The molecule has 2 aliphatic rings. The van der Waals surface area contributed by atoms with E-state index in [4.69, 9.17) is 2.74 Å². The zero-order valence-electron chi connectivity index (χ0n) is 5.77. The van der Waals surface area contributed by atoms with Gasteiger partial charge in [-0.1, -0.05) is 0 Å². The Kier molecular flexibility index (Phi) is 0.256. The largest absolute Gasteiger partial charge is 0.356 e. The van der Waals surface area contributed by atoms with Crippen molar-refractivity contribution >= 4 is 5.91 Å². The summed E-state index contributed by atoms with van der Waals surface area (Å²) in [4.78, 5) is 10.7. The first-order valence-electron chi connectivity index (χ1n) is 3.43. The average Bonchev–Trinajstić information content (AvgIpc) is 2.33. The molecule has 0 radical (unpaired) electrons. The fourth-order valence-electron chi connectivity index (χ4n) is 0.901. The lowest BCUT2D eigenvalue weighted by Gasteiger charge is -1.89. The minimum atomic E-state index is -1.40. The molecule has 0 aromatic carbocycles. The number of nitrogens with one attached hydrogen (secondary N) is 1. The molecule has 1 heterocycles. The highest BCUT2D eigenvalue weighted by Gasteiger charge is 2.47. The zero-order chi connectivity index (χ0) is 6.65. The Hall–Kier alpha value is -0.530. The first-order valence-corrected chi connectivity index (χ1v) is 2.43. The molecule has 2 atom stereocenters. The summed E-state index contributed by atoms with van der Waals surface area (Å²) in [6, 6.07) is 0. The van der Waals surface area contributed by atoms with Gasteiger partial charge in [0.1, 0.15) is 0 Å². The summed E-state index contributed by atoms with van der Waals surface area (Å²) in [5.41, 5.74) is 0. The van der Waals surface area contributed by atoms with Crippen molar-refractivity contribution in [1.82, 2.24) is 5.32 Å². The first kappa shape index (κ1) is 2.16. The van der Waals surface area contributed by atoms with E-state index in [1.165, 1.54) is 0 Å². The van der Waals surface area contributed by atoms with Gasteiger partial charge in [0.25, 0.3) is 0 Å². The molecule has 38 valence electrons. The Labute approximate surface area is 44.7 Å². The van der Waals surface area contributed by atoms with Crippen molar-refractivity contribution in [2.24, 2.45) is 11.8 Å². The zero-order valence-corrected chi connectivity index (χ0v) is 3.77. The van der Waals surface area contributed by atoms with Gasteiger partial charge in [-0.3, -0.25) is 4.79 Å². The number of fused-ring (bicyclic) bond motifs is 1. The van der Waals surface area contributed by atoms with E-state index in [-0.39, 0.29) is 17.7 Å². The van der Waals surface area contributed by atoms with E-state index >= 15 is 0 Å². The third-order valence-corrected chi connectivity index (χ3v) is 1.51. The molecule has 1 saturated carbocycles. The summed E-state index contributed by atoms with van der Waals surface area (Å²) in [7, 11) is 0. The molecule has 0 spiro atoms. The fraction of sp³-hybridized carbons (Fsp3) is 0.800. The number of hydrogen-bond acceptors (Lipinski definition) is 1. The van der Waals surface area contributed by atoms with Crippen molar-refractivity contribution in [3.05, 3.63) is 0 Å². The molecule has 2 fully saturated rings. The lowest BCUT2D eigenvalue weighted by molar-refractivity contribution is -0.120. The quantitative estimate of drug-likeness (QED) is 0.446. The molecular weight excluding hydrogens is 90.1 g/mol. The van der Waals surface area contributed by atoms with Crippen LogP contribution in [-0.4, -0.2) is 12.4 Å². The van der Waals surface area contributed by atoms with Crippen LogP contribution in [0.25, 0.3) is 0 Å². The third-order valence-electron chi connectivity index (χ3n) is 1.51. The van der Waals surface area contributed by atoms with Gasteiger partial charge in [-0.05, 0) is 12.3 Å². The van der Waals surface area contributed by atoms with Gasteiger partial charge in [-0.25, -0.2) is 0 Å². The summed E-state index contributed by atoms with van der Waals surface area (Å²) >= 11 is 0. The van der Waals surface area contributed by atoms with E-state index in [0.29, 0.717) is 0 Å². The first-order chi connectivity index (χ1) is 4.11. The van der Waals surface area contributed by atoms with Crippen molar-refractivity contribution in [3.8, 4) is 0 Å². The Balaban J connectivity index is 2.26. The van der Waals surface area contributed by atoms with Crippen LogP contribution in [0.5, 0.6) is 0 Å². The van der Waals surface area contributed by atoms with Crippen LogP contribution in [0.2, 0.25) is 0 Å². The Morgan fingerprint density at radius 3 is 3.00 bits per heavy atom. The van der Waals surface area contributed by atoms with Gasteiger partial charge >= 0.3 is 0 Å². The van der Waals surface area contributed by atoms with Crippen LogP contribution in [0.15, 0.2) is 0 Å². The van der Waals surface area contributed by atoms with Gasteiger partial charge in [-0.2, -0.15) is 0 Å². The SMILES string of the molecule is [2H]C1([2H])NC(=O)C2CC21. The minimum absolute atomic E-state index is 0.000000000000000222. The van der Waals surface area contributed by atoms with Crippen molar-refractivity contribution in [3.63, 3.8) is 0 Å². The van der Waals surface area contributed by atoms with Crippen LogP contribution in [0.3, 0.4) is 0 Å². The monoisotopic (exact) mass is 99.1 g/mol. The maximum atomic E-state index is 10.7. The summed E-state index contributed by atoms with van der Waals surface area (Å²) < 4.78 is 14.4. The van der Waals surface area contributed by atoms with Crippen molar-refractivity contribution < 1.29 is 7.54 Å². The van der Waals surface area contributed by atoms with Crippen LogP contribution in [0.1, 0.15) is 9.16 Å². The number of rotatable bonds is 0. The molecular formula is C5H7NO. The number of piperidine rings is 1.